The van der Waals surface area contributed by atoms with E-state index in [1.807, 2.05) is 6.20 Å². The van der Waals surface area contributed by atoms with E-state index in [4.69, 9.17) is 0 Å². The molecule has 1 aromatic rings. The molecule has 2 aliphatic rings. The van der Waals surface area contributed by atoms with Crippen LogP contribution in [0.5, 0.6) is 0 Å². The number of aryl methyl sites for hydroxylation is 1. The minimum Gasteiger partial charge on any atom is -0.341 e. The summed E-state index contributed by atoms with van der Waals surface area (Å²) in [7, 11) is 2.21. The Kier molecular flexibility index (Phi) is 4.05. The highest BCUT2D eigenvalue weighted by Crippen LogP contribution is 2.26. The first-order valence-corrected chi connectivity index (χ1v) is 7.68. The number of hydrogen-bond donors (Lipinski definition) is 1. The number of amides is 1. The lowest BCUT2D eigenvalue weighted by molar-refractivity contribution is -0.132. The molecule has 5 nitrogen and oxygen atoms in total. The molecule has 5 heteroatoms. The quantitative estimate of drug-likeness (QED) is 0.905. The summed E-state index contributed by atoms with van der Waals surface area (Å²) in [6, 6.07) is 0.556. The van der Waals surface area contributed by atoms with Gasteiger partial charge < -0.3 is 9.80 Å². The Bertz CT molecular complexity index is 445. The van der Waals surface area contributed by atoms with E-state index in [0.29, 0.717) is 24.3 Å². The van der Waals surface area contributed by atoms with Gasteiger partial charge in [-0.2, -0.15) is 5.10 Å². The van der Waals surface area contributed by atoms with Crippen molar-refractivity contribution < 1.29 is 4.79 Å². The second-order valence-electron chi connectivity index (χ2n) is 6.30. The maximum Gasteiger partial charge on any atom is 0.222 e. The normalized spacial score (nSPS) is 27.4. The van der Waals surface area contributed by atoms with Crippen molar-refractivity contribution in [1.29, 1.82) is 0 Å². The van der Waals surface area contributed by atoms with Crippen LogP contribution < -0.4 is 0 Å². The third-order valence-electron chi connectivity index (χ3n) is 4.76. The molecule has 3 heterocycles. The molecule has 0 aliphatic carbocycles. The highest BCUT2D eigenvalue weighted by atomic mass is 16.2. The van der Waals surface area contributed by atoms with Gasteiger partial charge in [0.05, 0.1) is 6.20 Å². The summed E-state index contributed by atoms with van der Waals surface area (Å²) >= 11 is 0. The molecule has 2 saturated heterocycles. The molecule has 110 valence electrons. The largest absolute Gasteiger partial charge is 0.341 e. The smallest absolute Gasteiger partial charge is 0.222 e. The van der Waals surface area contributed by atoms with Crippen molar-refractivity contribution in [3.8, 4) is 0 Å². The van der Waals surface area contributed by atoms with Gasteiger partial charge in [-0.1, -0.05) is 6.42 Å². The first-order chi connectivity index (χ1) is 9.72. The number of rotatable bonds is 3. The van der Waals surface area contributed by atoms with Gasteiger partial charge in [0.2, 0.25) is 5.91 Å². The van der Waals surface area contributed by atoms with Gasteiger partial charge in [-0.3, -0.25) is 9.89 Å². The number of hydrogen-bond acceptors (Lipinski definition) is 3. The lowest BCUT2D eigenvalue weighted by Crippen LogP contribution is -2.42. The van der Waals surface area contributed by atoms with Crippen molar-refractivity contribution in [2.24, 2.45) is 5.92 Å². The summed E-state index contributed by atoms with van der Waals surface area (Å²) in [4.78, 5) is 17.0. The van der Waals surface area contributed by atoms with E-state index in [-0.39, 0.29) is 0 Å². The summed E-state index contributed by atoms with van der Waals surface area (Å²) in [5.74, 6) is 0.962. The number of aromatic amines is 1. The van der Waals surface area contributed by atoms with E-state index < -0.39 is 0 Å². The van der Waals surface area contributed by atoms with E-state index in [2.05, 4.69) is 27.0 Å². The fraction of sp³-hybridized carbons (Fsp3) is 0.733. The van der Waals surface area contributed by atoms with Crippen LogP contribution >= 0.6 is 0 Å². The Labute approximate surface area is 120 Å². The van der Waals surface area contributed by atoms with Crippen LogP contribution in [0, 0.1) is 5.92 Å². The summed E-state index contributed by atoms with van der Waals surface area (Å²) in [5, 5.41) is 6.73. The number of aromatic nitrogens is 2. The topological polar surface area (TPSA) is 52.2 Å². The van der Waals surface area contributed by atoms with Crippen LogP contribution in [0.2, 0.25) is 0 Å². The number of fused-ring (bicyclic) bond motifs is 3. The van der Waals surface area contributed by atoms with Crippen LogP contribution in [0.15, 0.2) is 12.4 Å². The lowest BCUT2D eigenvalue weighted by Gasteiger charge is -2.29. The molecule has 0 aromatic carbocycles. The van der Waals surface area contributed by atoms with Crippen molar-refractivity contribution in [2.75, 3.05) is 26.7 Å². The van der Waals surface area contributed by atoms with Gasteiger partial charge in [0, 0.05) is 38.3 Å². The standard InChI is InChI=1S/C15H24N4O/c1-18-9-13-3-2-4-14(18)11-19(10-13)15(20)6-5-12-7-16-17-8-12/h7-8,13-14H,2-6,9-11H2,1H3,(H,16,17)/t13-,14-/m0/s1. The molecule has 1 aromatic heterocycles. The summed E-state index contributed by atoms with van der Waals surface area (Å²) in [5.41, 5.74) is 1.12. The molecule has 1 amide bonds. The van der Waals surface area contributed by atoms with Gasteiger partial charge in [0.1, 0.15) is 0 Å². The Balaban J connectivity index is 1.60. The minimum atomic E-state index is 0.304. The van der Waals surface area contributed by atoms with Crippen LogP contribution in [-0.4, -0.2) is 58.6 Å². The van der Waals surface area contributed by atoms with Gasteiger partial charge in [0.25, 0.3) is 0 Å². The fourth-order valence-electron chi connectivity index (χ4n) is 3.56. The Morgan fingerprint density at radius 2 is 2.30 bits per heavy atom. The van der Waals surface area contributed by atoms with Gasteiger partial charge in [-0.05, 0) is 37.8 Å². The number of carbonyl (C=O) groups is 1. The average Bonchev–Trinajstić information content (AvgIpc) is 2.80. The molecule has 0 radical (unpaired) electrons. The molecule has 0 unspecified atom stereocenters. The van der Waals surface area contributed by atoms with Gasteiger partial charge in [-0.15, -0.1) is 0 Å². The lowest BCUT2D eigenvalue weighted by atomic mass is 9.99. The van der Waals surface area contributed by atoms with Crippen LogP contribution in [0.4, 0.5) is 0 Å². The summed E-state index contributed by atoms with van der Waals surface area (Å²) in [6.45, 7) is 3.01. The molecule has 2 bridgehead atoms. The summed E-state index contributed by atoms with van der Waals surface area (Å²) < 4.78 is 0. The van der Waals surface area contributed by atoms with Gasteiger partial charge in [0.15, 0.2) is 0 Å². The molecule has 3 rings (SSSR count). The average molecular weight is 276 g/mol. The second-order valence-corrected chi connectivity index (χ2v) is 6.30. The molecule has 0 spiro atoms. The molecule has 2 fully saturated rings. The van der Waals surface area contributed by atoms with Crippen molar-refractivity contribution in [2.45, 2.75) is 38.1 Å². The fourth-order valence-corrected chi connectivity index (χ4v) is 3.56. The highest BCUT2D eigenvalue weighted by Gasteiger charge is 2.32. The minimum absolute atomic E-state index is 0.304. The first kappa shape index (κ1) is 13.6. The van der Waals surface area contributed by atoms with E-state index in [1.54, 1.807) is 6.20 Å². The van der Waals surface area contributed by atoms with Crippen molar-refractivity contribution in [3.63, 3.8) is 0 Å². The van der Waals surface area contributed by atoms with E-state index >= 15 is 0 Å². The number of likely N-dealkylation sites (N-methyl/N-ethyl adjacent to an activating group) is 1. The first-order valence-electron chi connectivity index (χ1n) is 7.68. The van der Waals surface area contributed by atoms with Crippen LogP contribution in [0.3, 0.4) is 0 Å². The zero-order chi connectivity index (χ0) is 13.9. The van der Waals surface area contributed by atoms with Crippen LogP contribution in [0.1, 0.15) is 31.2 Å². The Morgan fingerprint density at radius 1 is 1.40 bits per heavy atom. The maximum atomic E-state index is 12.5. The molecule has 1 N–H and O–H groups in total. The number of nitrogens with zero attached hydrogens (tertiary/aromatic N) is 3. The second kappa shape index (κ2) is 5.95. The molecule has 20 heavy (non-hydrogen) atoms. The zero-order valence-electron chi connectivity index (χ0n) is 12.2. The van der Waals surface area contributed by atoms with Crippen molar-refractivity contribution >= 4 is 5.91 Å². The third kappa shape index (κ3) is 3.03. The predicted octanol–water partition coefficient (Wildman–Crippen LogP) is 1.28. The monoisotopic (exact) mass is 276 g/mol. The molecule has 0 saturated carbocycles. The number of carbonyl (C=O) groups excluding carboxylic acids is 1. The molecule has 2 aliphatic heterocycles. The van der Waals surface area contributed by atoms with Crippen molar-refractivity contribution in [1.82, 2.24) is 20.0 Å². The molecule has 2 atom stereocenters. The van der Waals surface area contributed by atoms with E-state index in [9.17, 15) is 4.79 Å². The maximum absolute atomic E-state index is 12.5. The van der Waals surface area contributed by atoms with E-state index in [0.717, 1.165) is 31.6 Å². The van der Waals surface area contributed by atoms with Gasteiger partial charge >= 0.3 is 0 Å². The van der Waals surface area contributed by atoms with Crippen LogP contribution in [0.25, 0.3) is 0 Å². The van der Waals surface area contributed by atoms with Crippen LogP contribution in [-0.2, 0) is 11.2 Å². The zero-order valence-corrected chi connectivity index (χ0v) is 12.2. The van der Waals surface area contributed by atoms with E-state index in [1.165, 1.54) is 19.3 Å². The molecular formula is C15H24N4O. The number of likely N-dealkylation sites (tertiary alicyclic amines) is 1. The number of nitrogens with one attached hydrogen (secondary N) is 1. The molecular weight excluding hydrogens is 252 g/mol. The predicted molar refractivity (Wildman–Crippen MR) is 77.2 cm³/mol. The Hall–Kier alpha value is -1.36. The third-order valence-corrected chi connectivity index (χ3v) is 4.76. The summed E-state index contributed by atoms with van der Waals surface area (Å²) in [6.07, 6.45) is 8.89. The number of H-pyrrole nitrogens is 1. The van der Waals surface area contributed by atoms with Crippen molar-refractivity contribution in [3.05, 3.63) is 18.0 Å². The highest BCUT2D eigenvalue weighted by molar-refractivity contribution is 5.76. The van der Waals surface area contributed by atoms with Gasteiger partial charge in [-0.25, -0.2) is 0 Å². The Morgan fingerprint density at radius 3 is 3.10 bits per heavy atom. The SMILES string of the molecule is CN1C[C@@H]2CCC[C@H]1CN(C(=O)CCc1cn[nH]c1)C2.